The third kappa shape index (κ3) is 2.39. The van der Waals surface area contributed by atoms with Crippen LogP contribution in [-0.2, 0) is 7.05 Å². The van der Waals surface area contributed by atoms with Gasteiger partial charge in [-0.05, 0) is 37.1 Å². The highest BCUT2D eigenvalue weighted by Gasteiger charge is 2.19. The van der Waals surface area contributed by atoms with Gasteiger partial charge in [-0.1, -0.05) is 24.3 Å². The summed E-state index contributed by atoms with van der Waals surface area (Å²) in [5, 5.41) is 0. The number of imidazole rings is 1. The molecule has 1 aromatic heterocycles. The second-order valence-electron chi connectivity index (χ2n) is 5.61. The van der Waals surface area contributed by atoms with Gasteiger partial charge < -0.3 is 4.74 Å². The smallest absolute Gasteiger partial charge is 0.248 e. The summed E-state index contributed by atoms with van der Waals surface area (Å²) in [5.41, 5.74) is 5.99. The van der Waals surface area contributed by atoms with E-state index in [4.69, 9.17) is 4.74 Å². The summed E-state index contributed by atoms with van der Waals surface area (Å²) in [4.78, 5) is 0. The molecule has 3 rings (SSSR count). The monoisotopic (exact) mass is 293 g/mol. The van der Waals surface area contributed by atoms with E-state index in [-0.39, 0.29) is 0 Å². The van der Waals surface area contributed by atoms with Crippen molar-refractivity contribution in [3.63, 3.8) is 0 Å². The number of aryl methyl sites for hydroxylation is 3. The Balaban J connectivity index is 2.32. The van der Waals surface area contributed by atoms with Crippen LogP contribution < -0.4 is 9.30 Å². The second kappa shape index (κ2) is 5.68. The Morgan fingerprint density at radius 3 is 2.27 bits per heavy atom. The number of methoxy groups -OCH3 is 1. The molecule has 3 nitrogen and oxygen atoms in total. The minimum atomic E-state index is 0.909. The zero-order chi connectivity index (χ0) is 15.7. The Hall–Kier alpha value is -2.55. The maximum Gasteiger partial charge on any atom is 0.248 e. The van der Waals surface area contributed by atoms with E-state index in [1.54, 1.807) is 7.11 Å². The van der Waals surface area contributed by atoms with E-state index in [1.165, 1.54) is 16.7 Å². The van der Waals surface area contributed by atoms with Crippen molar-refractivity contribution in [2.24, 2.45) is 7.05 Å². The van der Waals surface area contributed by atoms with Crippen LogP contribution in [-0.4, -0.2) is 11.7 Å². The van der Waals surface area contributed by atoms with E-state index in [0.29, 0.717) is 0 Å². The van der Waals surface area contributed by atoms with Gasteiger partial charge in [0.15, 0.2) is 0 Å². The molecule has 0 aliphatic rings. The lowest BCUT2D eigenvalue weighted by molar-refractivity contribution is -0.670. The van der Waals surface area contributed by atoms with Gasteiger partial charge in [-0.15, -0.1) is 0 Å². The predicted octanol–water partition coefficient (Wildman–Crippen LogP) is 3.59. The number of benzene rings is 2. The van der Waals surface area contributed by atoms with Crippen molar-refractivity contribution >= 4 is 0 Å². The van der Waals surface area contributed by atoms with Crippen LogP contribution in [0.25, 0.3) is 16.8 Å². The van der Waals surface area contributed by atoms with Crippen molar-refractivity contribution < 1.29 is 9.30 Å². The van der Waals surface area contributed by atoms with E-state index >= 15 is 0 Å². The Morgan fingerprint density at radius 2 is 1.64 bits per heavy atom. The molecule has 1 heterocycles. The fourth-order valence-electron chi connectivity index (χ4n) is 2.92. The largest absolute Gasteiger partial charge is 0.496 e. The highest BCUT2D eigenvalue weighted by molar-refractivity contribution is 5.82. The summed E-state index contributed by atoms with van der Waals surface area (Å²) in [6, 6.07) is 12.6. The van der Waals surface area contributed by atoms with E-state index in [0.717, 1.165) is 17.0 Å². The molecule has 112 valence electrons. The molecule has 0 N–H and O–H groups in total. The number of hydrogen-bond acceptors (Lipinski definition) is 1. The summed E-state index contributed by atoms with van der Waals surface area (Å²) in [6.07, 6.45) is 6.19. The SMILES string of the molecule is COc1cccc(C)c1-c1c(C)cccc1-n1cc[n+](C)c1. The molecule has 2 aromatic carbocycles. The zero-order valence-electron chi connectivity index (χ0n) is 13.5. The van der Waals surface area contributed by atoms with Crippen molar-refractivity contribution in [3.05, 3.63) is 66.2 Å². The molecule has 0 atom stereocenters. The van der Waals surface area contributed by atoms with E-state index in [1.807, 2.05) is 29.9 Å². The quantitative estimate of drug-likeness (QED) is 0.675. The average Bonchev–Trinajstić information content (AvgIpc) is 2.94. The first kappa shape index (κ1) is 14.4. The van der Waals surface area contributed by atoms with Crippen molar-refractivity contribution in [2.45, 2.75) is 13.8 Å². The van der Waals surface area contributed by atoms with Crippen molar-refractivity contribution in [1.82, 2.24) is 4.57 Å². The molecule has 3 aromatic rings. The highest BCUT2D eigenvalue weighted by Crippen LogP contribution is 2.38. The maximum absolute atomic E-state index is 5.62. The van der Waals surface area contributed by atoms with Crippen LogP contribution in [0.4, 0.5) is 0 Å². The summed E-state index contributed by atoms with van der Waals surface area (Å²) < 4.78 is 9.81. The van der Waals surface area contributed by atoms with Crippen molar-refractivity contribution in [1.29, 1.82) is 0 Å². The van der Waals surface area contributed by atoms with Crippen LogP contribution in [0.5, 0.6) is 5.75 Å². The van der Waals surface area contributed by atoms with Crippen molar-refractivity contribution in [2.75, 3.05) is 7.11 Å². The lowest BCUT2D eigenvalue weighted by Crippen LogP contribution is -2.23. The summed E-state index contributed by atoms with van der Waals surface area (Å²) >= 11 is 0. The van der Waals surface area contributed by atoms with Gasteiger partial charge in [0.1, 0.15) is 23.8 Å². The molecule has 0 saturated heterocycles. The first-order chi connectivity index (χ1) is 10.6. The number of ether oxygens (including phenoxy) is 1. The fourth-order valence-corrected chi connectivity index (χ4v) is 2.92. The Kier molecular flexibility index (Phi) is 3.72. The van der Waals surface area contributed by atoms with Gasteiger partial charge >= 0.3 is 0 Å². The van der Waals surface area contributed by atoms with Crippen LogP contribution in [0, 0.1) is 13.8 Å². The van der Waals surface area contributed by atoms with Crippen LogP contribution in [0.1, 0.15) is 11.1 Å². The van der Waals surface area contributed by atoms with E-state index in [9.17, 15) is 0 Å². The molecule has 0 aliphatic carbocycles. The third-order valence-corrected chi connectivity index (χ3v) is 4.00. The zero-order valence-corrected chi connectivity index (χ0v) is 13.5. The second-order valence-corrected chi connectivity index (χ2v) is 5.61. The lowest BCUT2D eigenvalue weighted by Gasteiger charge is -2.16. The normalized spacial score (nSPS) is 10.7. The molecule has 0 saturated carbocycles. The molecule has 3 heteroatoms. The third-order valence-electron chi connectivity index (χ3n) is 4.00. The van der Waals surface area contributed by atoms with Gasteiger partial charge in [-0.25, -0.2) is 9.13 Å². The molecule has 0 spiro atoms. The molecular formula is C19H21N2O+. The van der Waals surface area contributed by atoms with Crippen molar-refractivity contribution in [3.8, 4) is 22.6 Å². The molecular weight excluding hydrogens is 272 g/mol. The Labute approximate surface area is 131 Å². The number of hydrogen-bond donors (Lipinski definition) is 0. The number of rotatable bonds is 3. The minimum absolute atomic E-state index is 0.909. The standard InChI is InChI=1S/C19H21N2O/c1-14-7-5-9-16(21-12-11-20(3)13-21)18(14)19-15(2)8-6-10-17(19)22-4/h5-13H,1-4H3/q+1. The molecule has 0 amide bonds. The molecule has 22 heavy (non-hydrogen) atoms. The predicted molar refractivity (Wildman–Crippen MR) is 88.4 cm³/mol. The van der Waals surface area contributed by atoms with E-state index in [2.05, 4.69) is 55.2 Å². The average molecular weight is 293 g/mol. The lowest BCUT2D eigenvalue weighted by atomic mass is 9.94. The fraction of sp³-hybridized carbons (Fsp3) is 0.211. The van der Waals surface area contributed by atoms with Gasteiger partial charge in [0.25, 0.3) is 0 Å². The van der Waals surface area contributed by atoms with Crippen LogP contribution in [0.3, 0.4) is 0 Å². The first-order valence-corrected chi connectivity index (χ1v) is 7.39. The molecule has 0 radical (unpaired) electrons. The summed E-state index contributed by atoms with van der Waals surface area (Å²) in [6.45, 7) is 4.28. The molecule has 0 unspecified atom stereocenters. The summed E-state index contributed by atoms with van der Waals surface area (Å²) in [7, 11) is 3.76. The molecule has 0 fully saturated rings. The van der Waals surface area contributed by atoms with Crippen LogP contribution >= 0.6 is 0 Å². The minimum Gasteiger partial charge on any atom is -0.496 e. The Morgan fingerprint density at radius 1 is 0.955 bits per heavy atom. The van der Waals surface area contributed by atoms with Gasteiger partial charge in [-0.2, -0.15) is 0 Å². The van der Waals surface area contributed by atoms with E-state index < -0.39 is 0 Å². The maximum atomic E-state index is 5.62. The molecule has 0 aliphatic heterocycles. The van der Waals surface area contributed by atoms with Gasteiger partial charge in [0.05, 0.1) is 14.2 Å². The van der Waals surface area contributed by atoms with Gasteiger partial charge in [0, 0.05) is 11.1 Å². The summed E-state index contributed by atoms with van der Waals surface area (Å²) in [5.74, 6) is 0.909. The Bertz CT molecular complexity index is 818. The van der Waals surface area contributed by atoms with Crippen LogP contribution in [0.2, 0.25) is 0 Å². The number of nitrogens with zero attached hydrogens (tertiary/aromatic N) is 2. The topological polar surface area (TPSA) is 18.0 Å². The van der Waals surface area contributed by atoms with Gasteiger partial charge in [-0.3, -0.25) is 0 Å². The van der Waals surface area contributed by atoms with Gasteiger partial charge in [0.2, 0.25) is 6.33 Å². The first-order valence-electron chi connectivity index (χ1n) is 7.39. The number of aromatic nitrogens is 2. The highest BCUT2D eigenvalue weighted by atomic mass is 16.5. The molecule has 0 bridgehead atoms. The van der Waals surface area contributed by atoms with Crippen LogP contribution in [0.15, 0.2) is 55.1 Å².